The molecule has 7 heteroatoms. The minimum atomic E-state index is -0.320. The van der Waals surface area contributed by atoms with Gasteiger partial charge in [-0.05, 0) is 51.8 Å². The van der Waals surface area contributed by atoms with Crippen molar-refractivity contribution in [3.8, 4) is 0 Å². The number of nitrogens with zero attached hydrogens (tertiary/aromatic N) is 3. The van der Waals surface area contributed by atoms with Crippen molar-refractivity contribution >= 4 is 28.5 Å². The number of benzene rings is 1. The monoisotopic (exact) mass is 379 g/mol. The van der Waals surface area contributed by atoms with Crippen molar-refractivity contribution in [3.05, 3.63) is 51.8 Å². The third-order valence-electron chi connectivity index (χ3n) is 4.69. The van der Waals surface area contributed by atoms with E-state index in [0.717, 1.165) is 33.8 Å². The average molecular weight is 379 g/mol. The first kappa shape index (κ1) is 19.5. The maximum absolute atomic E-state index is 12.8. The second kappa shape index (κ2) is 7.42. The molecule has 1 aromatic carbocycles. The molecule has 0 unspecified atom stereocenters. The first-order valence-electron chi connectivity index (χ1n) is 9.14. The van der Waals surface area contributed by atoms with Gasteiger partial charge in [0.15, 0.2) is 5.65 Å². The van der Waals surface area contributed by atoms with Crippen LogP contribution in [-0.2, 0) is 11.8 Å². The number of carbonyl (C=O) groups excluding carboxylic acids is 2. The second-order valence-corrected chi connectivity index (χ2v) is 7.22. The minimum Gasteiger partial charge on any atom is -0.343 e. The van der Waals surface area contributed by atoms with Crippen LogP contribution in [0.2, 0.25) is 0 Å². The molecule has 2 amide bonds. The van der Waals surface area contributed by atoms with Gasteiger partial charge in [-0.15, -0.1) is 0 Å². The van der Waals surface area contributed by atoms with Gasteiger partial charge in [-0.3, -0.25) is 14.3 Å². The molecule has 0 fully saturated rings. The fraction of sp³-hybridized carbons (Fsp3) is 0.333. The van der Waals surface area contributed by atoms with E-state index in [1.54, 1.807) is 17.8 Å². The molecule has 7 nitrogen and oxygen atoms in total. The Labute approximate surface area is 164 Å². The molecule has 146 valence electrons. The van der Waals surface area contributed by atoms with Crippen molar-refractivity contribution in [1.82, 2.24) is 20.1 Å². The summed E-state index contributed by atoms with van der Waals surface area (Å²) in [6.45, 7) is 9.48. The third-order valence-corrected chi connectivity index (χ3v) is 4.69. The SMILES string of the molecule is Cc1cc(C)c(NC(=O)CNC(=O)c2cc(C)nc3c2c(C)nn3C)c(C)c1. The smallest absolute Gasteiger partial charge is 0.252 e. The topological polar surface area (TPSA) is 88.9 Å². The predicted molar refractivity (Wildman–Crippen MR) is 110 cm³/mol. The Morgan fingerprint density at radius 3 is 2.32 bits per heavy atom. The van der Waals surface area contributed by atoms with Crippen LogP contribution in [0.3, 0.4) is 0 Å². The summed E-state index contributed by atoms with van der Waals surface area (Å²) in [6, 6.07) is 5.75. The molecule has 3 aromatic rings. The predicted octanol–water partition coefficient (Wildman–Crippen LogP) is 2.88. The fourth-order valence-electron chi connectivity index (χ4n) is 3.57. The number of fused-ring (bicyclic) bond motifs is 1. The summed E-state index contributed by atoms with van der Waals surface area (Å²) in [7, 11) is 1.79. The highest BCUT2D eigenvalue weighted by atomic mass is 16.2. The Morgan fingerprint density at radius 1 is 1.04 bits per heavy atom. The van der Waals surface area contributed by atoms with Crippen LogP contribution in [0, 0.1) is 34.6 Å². The highest BCUT2D eigenvalue weighted by molar-refractivity contribution is 6.08. The van der Waals surface area contributed by atoms with E-state index in [-0.39, 0.29) is 18.4 Å². The number of carbonyl (C=O) groups is 2. The van der Waals surface area contributed by atoms with Crippen molar-refractivity contribution < 1.29 is 9.59 Å². The van der Waals surface area contributed by atoms with E-state index in [2.05, 4.69) is 20.7 Å². The van der Waals surface area contributed by atoms with Gasteiger partial charge in [-0.2, -0.15) is 5.10 Å². The number of nitrogens with one attached hydrogen (secondary N) is 2. The zero-order chi connectivity index (χ0) is 20.6. The molecule has 0 bridgehead atoms. The summed E-state index contributed by atoms with van der Waals surface area (Å²) in [6.07, 6.45) is 0. The van der Waals surface area contributed by atoms with Crippen molar-refractivity contribution in [3.63, 3.8) is 0 Å². The van der Waals surface area contributed by atoms with Gasteiger partial charge >= 0.3 is 0 Å². The lowest BCUT2D eigenvalue weighted by molar-refractivity contribution is -0.115. The number of pyridine rings is 1. The molecular weight excluding hydrogens is 354 g/mol. The van der Waals surface area contributed by atoms with Gasteiger partial charge in [0.1, 0.15) is 0 Å². The maximum atomic E-state index is 12.8. The lowest BCUT2D eigenvalue weighted by atomic mass is 10.1. The van der Waals surface area contributed by atoms with Crippen molar-refractivity contribution in [1.29, 1.82) is 0 Å². The van der Waals surface area contributed by atoms with E-state index < -0.39 is 0 Å². The Morgan fingerprint density at radius 2 is 1.68 bits per heavy atom. The van der Waals surface area contributed by atoms with Crippen LogP contribution < -0.4 is 10.6 Å². The van der Waals surface area contributed by atoms with Crippen molar-refractivity contribution in [2.45, 2.75) is 34.6 Å². The van der Waals surface area contributed by atoms with E-state index >= 15 is 0 Å². The highest BCUT2D eigenvalue weighted by Gasteiger charge is 2.18. The first-order chi connectivity index (χ1) is 13.2. The van der Waals surface area contributed by atoms with Crippen LogP contribution >= 0.6 is 0 Å². The summed E-state index contributed by atoms with van der Waals surface area (Å²) in [5.41, 5.74) is 6.49. The van der Waals surface area contributed by atoms with Crippen LogP contribution in [0.4, 0.5) is 5.69 Å². The Bertz CT molecular complexity index is 1070. The van der Waals surface area contributed by atoms with Gasteiger partial charge in [-0.1, -0.05) is 17.7 Å². The number of amides is 2. The lowest BCUT2D eigenvalue weighted by Gasteiger charge is -2.13. The molecule has 0 aliphatic rings. The number of hydrogen-bond acceptors (Lipinski definition) is 4. The summed E-state index contributed by atoms with van der Waals surface area (Å²) >= 11 is 0. The van der Waals surface area contributed by atoms with Crippen LogP contribution in [0.25, 0.3) is 11.0 Å². The molecule has 0 saturated heterocycles. The molecule has 0 aliphatic heterocycles. The van der Waals surface area contributed by atoms with Crippen LogP contribution in [0.1, 0.15) is 38.4 Å². The summed E-state index contributed by atoms with van der Waals surface area (Å²) in [4.78, 5) is 29.6. The van der Waals surface area contributed by atoms with E-state index in [4.69, 9.17) is 0 Å². The Hall–Kier alpha value is -3.22. The molecule has 0 spiro atoms. The average Bonchev–Trinajstić information content (AvgIpc) is 2.89. The Kier molecular flexibility index (Phi) is 5.18. The molecular formula is C21H25N5O2. The van der Waals surface area contributed by atoms with Gasteiger partial charge in [0.05, 0.1) is 23.2 Å². The zero-order valence-electron chi connectivity index (χ0n) is 17.1. The summed E-state index contributed by atoms with van der Waals surface area (Å²) in [5.74, 6) is -0.590. The number of rotatable bonds is 4. The van der Waals surface area contributed by atoms with E-state index in [1.807, 2.05) is 46.8 Å². The normalized spacial score (nSPS) is 10.9. The van der Waals surface area contributed by atoms with Crippen LogP contribution in [-0.4, -0.2) is 33.1 Å². The van der Waals surface area contributed by atoms with Crippen molar-refractivity contribution in [2.24, 2.45) is 7.05 Å². The van der Waals surface area contributed by atoms with Gasteiger partial charge in [0, 0.05) is 18.4 Å². The molecule has 3 rings (SSSR count). The first-order valence-corrected chi connectivity index (χ1v) is 9.14. The molecule has 0 atom stereocenters. The quantitative estimate of drug-likeness (QED) is 0.729. The molecule has 0 radical (unpaired) electrons. The molecule has 0 saturated carbocycles. The standard InChI is InChI=1S/C21H25N5O2/c1-11-7-12(2)19(13(3)8-11)24-17(27)10-22-21(28)16-9-14(4)23-20-18(16)15(5)25-26(20)6/h7-9H,10H2,1-6H3,(H,22,28)(H,24,27). The number of aromatic nitrogens is 3. The minimum absolute atomic E-state index is 0.117. The second-order valence-electron chi connectivity index (χ2n) is 7.22. The fourth-order valence-corrected chi connectivity index (χ4v) is 3.57. The molecule has 2 heterocycles. The van der Waals surface area contributed by atoms with E-state index in [9.17, 15) is 9.59 Å². The number of hydrogen-bond donors (Lipinski definition) is 2. The number of anilines is 1. The molecule has 2 N–H and O–H groups in total. The van der Waals surface area contributed by atoms with Crippen LogP contribution in [0.15, 0.2) is 18.2 Å². The molecule has 0 aliphatic carbocycles. The highest BCUT2D eigenvalue weighted by Crippen LogP contribution is 2.23. The van der Waals surface area contributed by atoms with Gasteiger partial charge in [0.25, 0.3) is 5.91 Å². The zero-order valence-corrected chi connectivity index (χ0v) is 17.1. The lowest BCUT2D eigenvalue weighted by Crippen LogP contribution is -2.33. The summed E-state index contributed by atoms with van der Waals surface area (Å²) < 4.78 is 1.66. The van der Waals surface area contributed by atoms with Gasteiger partial charge < -0.3 is 10.6 Å². The third kappa shape index (κ3) is 3.74. The largest absolute Gasteiger partial charge is 0.343 e. The molecule has 28 heavy (non-hydrogen) atoms. The molecule has 2 aromatic heterocycles. The number of aryl methyl sites for hydroxylation is 6. The maximum Gasteiger partial charge on any atom is 0.252 e. The van der Waals surface area contributed by atoms with Crippen LogP contribution in [0.5, 0.6) is 0 Å². The Balaban J connectivity index is 1.76. The van der Waals surface area contributed by atoms with Crippen molar-refractivity contribution in [2.75, 3.05) is 11.9 Å². The van der Waals surface area contributed by atoms with Gasteiger partial charge in [-0.25, -0.2) is 4.98 Å². The van der Waals surface area contributed by atoms with E-state index in [1.165, 1.54) is 0 Å². The summed E-state index contributed by atoms with van der Waals surface area (Å²) in [5, 5.41) is 10.7. The van der Waals surface area contributed by atoms with E-state index in [0.29, 0.717) is 16.6 Å². The van der Waals surface area contributed by atoms with Gasteiger partial charge in [0.2, 0.25) is 5.91 Å².